The number of hydrogen-bond donors (Lipinski definition) is 1. The number of carbonyl (C=O) groups excluding carboxylic acids is 3. The van der Waals surface area contributed by atoms with E-state index in [0.717, 1.165) is 5.56 Å². The summed E-state index contributed by atoms with van der Waals surface area (Å²) in [6.07, 6.45) is 1.14. The van der Waals surface area contributed by atoms with Gasteiger partial charge in [-0.2, -0.15) is 0 Å². The van der Waals surface area contributed by atoms with Gasteiger partial charge in [-0.1, -0.05) is 11.2 Å². The van der Waals surface area contributed by atoms with Crippen LogP contribution in [0.2, 0.25) is 0 Å². The first kappa shape index (κ1) is 21.9. The third-order valence-corrected chi connectivity index (χ3v) is 6.58. The van der Waals surface area contributed by atoms with Crippen molar-refractivity contribution in [1.29, 1.82) is 0 Å². The molecule has 2 aliphatic rings. The van der Waals surface area contributed by atoms with Gasteiger partial charge in [0.05, 0.1) is 24.3 Å². The molecule has 0 radical (unpaired) electrons. The zero-order valence-corrected chi connectivity index (χ0v) is 19.0. The Balaban J connectivity index is 1.71. The fourth-order valence-corrected chi connectivity index (χ4v) is 4.84. The highest BCUT2D eigenvalue weighted by Gasteiger charge is 2.53. The lowest BCUT2D eigenvalue weighted by molar-refractivity contribution is -0.134. The number of carbonyl (C=O) groups is 3. The number of ether oxygens (including phenoxy) is 1. The number of aromatic nitrogens is 1. The first-order valence-electron chi connectivity index (χ1n) is 10.6. The van der Waals surface area contributed by atoms with Crippen molar-refractivity contribution >= 4 is 17.7 Å². The first-order chi connectivity index (χ1) is 15.2. The highest BCUT2D eigenvalue weighted by molar-refractivity contribution is 5.99. The van der Waals surface area contributed by atoms with Gasteiger partial charge in [-0.05, 0) is 44.4 Å². The van der Waals surface area contributed by atoms with Gasteiger partial charge in [0, 0.05) is 32.7 Å². The van der Waals surface area contributed by atoms with Crippen LogP contribution in [0.1, 0.15) is 44.2 Å². The summed E-state index contributed by atoms with van der Waals surface area (Å²) >= 11 is 0. The lowest BCUT2D eigenvalue weighted by Crippen LogP contribution is -2.57. The van der Waals surface area contributed by atoms with E-state index in [1.54, 1.807) is 46.0 Å². The van der Waals surface area contributed by atoms with Gasteiger partial charge in [-0.25, -0.2) is 0 Å². The number of nitrogens with zero attached hydrogens (tertiary/aromatic N) is 3. The molecule has 2 aromatic rings. The Kier molecular flexibility index (Phi) is 5.44. The summed E-state index contributed by atoms with van der Waals surface area (Å²) in [6.45, 7) is 3.85. The van der Waals surface area contributed by atoms with E-state index in [0.29, 0.717) is 41.2 Å². The molecule has 9 nitrogen and oxygen atoms in total. The van der Waals surface area contributed by atoms with Crippen molar-refractivity contribution in [3.05, 3.63) is 46.3 Å². The van der Waals surface area contributed by atoms with E-state index in [-0.39, 0.29) is 30.8 Å². The number of likely N-dealkylation sites (tertiary alicyclic amines) is 1. The van der Waals surface area contributed by atoms with E-state index in [9.17, 15) is 14.4 Å². The van der Waals surface area contributed by atoms with Crippen molar-refractivity contribution in [2.75, 3.05) is 34.3 Å². The van der Waals surface area contributed by atoms with Crippen molar-refractivity contribution in [2.24, 2.45) is 5.92 Å². The first-order valence-corrected chi connectivity index (χ1v) is 10.6. The molecule has 0 unspecified atom stereocenters. The van der Waals surface area contributed by atoms with E-state index < -0.39 is 11.5 Å². The summed E-state index contributed by atoms with van der Waals surface area (Å²) in [5.74, 6) is -0.164. The maximum absolute atomic E-state index is 13.4. The maximum Gasteiger partial charge on any atom is 0.259 e. The van der Waals surface area contributed by atoms with Gasteiger partial charge in [0.15, 0.2) is 0 Å². The molecule has 1 fully saturated rings. The second-order valence-electron chi connectivity index (χ2n) is 8.80. The highest BCUT2D eigenvalue weighted by Crippen LogP contribution is 2.37. The lowest BCUT2D eigenvalue weighted by Gasteiger charge is -2.34. The van der Waals surface area contributed by atoms with E-state index >= 15 is 0 Å². The number of nitrogens with one attached hydrogen (secondary N) is 1. The van der Waals surface area contributed by atoms with Crippen molar-refractivity contribution in [3.8, 4) is 5.75 Å². The molecule has 3 heterocycles. The molecule has 1 saturated heterocycles. The number of aryl methyl sites for hydroxylation is 3. The van der Waals surface area contributed by atoms with Crippen molar-refractivity contribution in [1.82, 2.24) is 20.3 Å². The Labute approximate surface area is 186 Å². The minimum atomic E-state index is -0.876. The number of amides is 3. The zero-order valence-electron chi connectivity index (χ0n) is 19.0. The largest absolute Gasteiger partial charge is 0.497 e. The minimum Gasteiger partial charge on any atom is -0.497 e. The molecule has 1 spiro atoms. The summed E-state index contributed by atoms with van der Waals surface area (Å²) in [5.41, 5.74) is 1.47. The monoisotopic (exact) mass is 440 g/mol. The van der Waals surface area contributed by atoms with Crippen LogP contribution in [0.15, 0.2) is 22.7 Å². The Morgan fingerprint density at radius 3 is 2.69 bits per heavy atom. The molecular formula is C23H28N4O5. The molecule has 0 saturated carbocycles. The fourth-order valence-electron chi connectivity index (χ4n) is 4.84. The van der Waals surface area contributed by atoms with Crippen LogP contribution in [0.25, 0.3) is 0 Å². The van der Waals surface area contributed by atoms with E-state index in [1.165, 1.54) is 4.90 Å². The molecule has 2 aliphatic heterocycles. The Morgan fingerprint density at radius 2 is 2.06 bits per heavy atom. The number of hydrogen-bond acceptors (Lipinski definition) is 6. The number of methoxy groups -OCH3 is 1. The zero-order chi connectivity index (χ0) is 23.2. The van der Waals surface area contributed by atoms with Gasteiger partial charge < -0.3 is 24.4 Å². The van der Waals surface area contributed by atoms with Crippen LogP contribution in [0, 0.1) is 19.8 Å². The van der Waals surface area contributed by atoms with Crippen molar-refractivity contribution in [3.63, 3.8) is 0 Å². The maximum atomic E-state index is 13.4. The number of rotatable bonds is 3. The summed E-state index contributed by atoms with van der Waals surface area (Å²) in [4.78, 5) is 43.0. The van der Waals surface area contributed by atoms with Crippen molar-refractivity contribution < 1.29 is 23.6 Å². The number of benzene rings is 1. The normalized spacial score (nSPS) is 22.3. The molecular weight excluding hydrogens is 412 g/mol. The van der Waals surface area contributed by atoms with Crippen LogP contribution in [0.3, 0.4) is 0 Å². The van der Waals surface area contributed by atoms with Crippen molar-refractivity contribution in [2.45, 2.75) is 32.2 Å². The summed E-state index contributed by atoms with van der Waals surface area (Å²) in [6, 6.07) is 5.43. The van der Waals surface area contributed by atoms with Crippen LogP contribution in [0.5, 0.6) is 5.75 Å². The van der Waals surface area contributed by atoms with E-state index in [1.807, 2.05) is 12.1 Å². The molecule has 3 amide bonds. The molecule has 1 N–H and O–H groups in total. The van der Waals surface area contributed by atoms with Gasteiger partial charge in [0.25, 0.3) is 11.8 Å². The van der Waals surface area contributed by atoms with Crippen LogP contribution in [-0.4, -0.2) is 72.5 Å². The molecule has 32 heavy (non-hydrogen) atoms. The molecule has 0 aliphatic carbocycles. The van der Waals surface area contributed by atoms with E-state index in [2.05, 4.69) is 10.5 Å². The Morgan fingerprint density at radius 1 is 1.31 bits per heavy atom. The van der Waals surface area contributed by atoms with Gasteiger partial charge in [0.2, 0.25) is 5.91 Å². The van der Waals surface area contributed by atoms with Gasteiger partial charge in [-0.3, -0.25) is 14.4 Å². The van der Waals surface area contributed by atoms with Crippen LogP contribution in [0.4, 0.5) is 0 Å². The Hall–Kier alpha value is -3.36. The van der Waals surface area contributed by atoms with Gasteiger partial charge >= 0.3 is 0 Å². The Bertz CT molecular complexity index is 1070. The molecule has 170 valence electrons. The van der Waals surface area contributed by atoms with E-state index in [4.69, 9.17) is 9.26 Å². The summed E-state index contributed by atoms with van der Waals surface area (Å²) in [7, 11) is 4.93. The topological polar surface area (TPSA) is 105 Å². The predicted molar refractivity (Wildman–Crippen MR) is 116 cm³/mol. The second kappa shape index (κ2) is 7.96. The summed E-state index contributed by atoms with van der Waals surface area (Å²) < 4.78 is 10.5. The summed E-state index contributed by atoms with van der Waals surface area (Å²) in [5, 5.41) is 7.02. The van der Waals surface area contributed by atoms with Crippen LogP contribution < -0.4 is 10.1 Å². The minimum absolute atomic E-state index is 0.122. The standard InChI is InChI=1S/C23H28N4O5/c1-13-19(14(2)32-25-13)22(30)27-11-18(21(29)26(3)4)23(12-27)9-8-15-6-7-16(31-5)10-17(15)20(28)24-23/h6-7,10,18H,8-9,11-12H2,1-5H3,(H,24,28)/t18-,23+/m1/s1. The van der Waals surface area contributed by atoms with Crippen LogP contribution >= 0.6 is 0 Å². The van der Waals surface area contributed by atoms with Gasteiger partial charge in [-0.15, -0.1) is 0 Å². The number of fused-ring (bicyclic) bond motifs is 1. The molecule has 1 aromatic carbocycles. The average Bonchev–Trinajstić information content (AvgIpc) is 3.26. The van der Waals surface area contributed by atoms with Crippen LogP contribution in [-0.2, 0) is 11.2 Å². The average molecular weight is 441 g/mol. The molecule has 2 atom stereocenters. The SMILES string of the molecule is COc1ccc2c(c1)C(=O)N[C@@]1(CC2)CN(C(=O)c2c(C)noc2C)C[C@@H]1C(=O)N(C)C. The molecule has 0 bridgehead atoms. The second-order valence-corrected chi connectivity index (χ2v) is 8.80. The smallest absolute Gasteiger partial charge is 0.259 e. The molecule has 9 heteroatoms. The quantitative estimate of drug-likeness (QED) is 0.777. The third kappa shape index (κ3) is 3.51. The molecule has 4 rings (SSSR count). The highest BCUT2D eigenvalue weighted by atomic mass is 16.5. The predicted octanol–water partition coefficient (Wildman–Crippen LogP) is 1.58. The fraction of sp³-hybridized carbons (Fsp3) is 0.478. The van der Waals surface area contributed by atoms with Gasteiger partial charge in [0.1, 0.15) is 17.1 Å². The lowest BCUT2D eigenvalue weighted by atomic mass is 9.81. The third-order valence-electron chi connectivity index (χ3n) is 6.58. The molecule has 1 aromatic heterocycles.